The summed E-state index contributed by atoms with van der Waals surface area (Å²) in [4.78, 5) is 48.2. The number of carbonyl (C=O) groups is 4. The molecule has 10 N–H and O–H groups in total. The molecule has 3 amide bonds. The molecule has 68 heavy (non-hydrogen) atoms. The second-order valence-electron chi connectivity index (χ2n) is 13.7. The van der Waals surface area contributed by atoms with Crippen molar-refractivity contribution < 1.29 is 94.3 Å². The fraction of sp³-hybridized carbons (Fsp3) is 0.902. The van der Waals surface area contributed by atoms with Crippen molar-refractivity contribution in [2.45, 2.75) is 25.4 Å². The van der Waals surface area contributed by atoms with Crippen LogP contribution in [0, 0.1) is 0 Å². The minimum atomic E-state index is -5.08. The number of rotatable bonds is 51. The van der Waals surface area contributed by atoms with Crippen LogP contribution < -0.4 is 33.2 Å². The van der Waals surface area contributed by atoms with Crippen LogP contribution in [0.5, 0.6) is 0 Å². The van der Waals surface area contributed by atoms with E-state index in [1.54, 1.807) is 0 Å². The van der Waals surface area contributed by atoms with E-state index < -0.39 is 12.1 Å². The van der Waals surface area contributed by atoms with Crippen LogP contribution >= 0.6 is 0 Å². The lowest BCUT2D eigenvalue weighted by atomic mass is 10.3. The molecule has 0 atom stereocenters. The van der Waals surface area contributed by atoms with Crippen molar-refractivity contribution in [3.05, 3.63) is 0 Å². The summed E-state index contributed by atoms with van der Waals surface area (Å²) in [6, 6.07) is 0. The highest BCUT2D eigenvalue weighted by atomic mass is 19.4. The number of carbonyl (C=O) groups excluding carboxylic acids is 3. The van der Waals surface area contributed by atoms with Crippen LogP contribution in [0.15, 0.2) is 0 Å². The molecule has 0 spiro atoms. The predicted octanol–water partition coefficient (Wildman–Crippen LogP) is -2.48. The summed E-state index contributed by atoms with van der Waals surface area (Å²) in [6.07, 6.45) is -4.46. The first-order valence-electron chi connectivity index (χ1n) is 22.8. The summed E-state index contributed by atoms with van der Waals surface area (Å²) in [7, 11) is 0. The molecule has 0 aromatic rings. The lowest BCUT2D eigenvalue weighted by Gasteiger charge is -2.23. The van der Waals surface area contributed by atoms with Crippen molar-refractivity contribution in [3.8, 4) is 0 Å². The highest BCUT2D eigenvalue weighted by Gasteiger charge is 2.38. The number of ether oxygens (including phenoxy) is 12. The monoisotopic (exact) mass is 1000 g/mol. The van der Waals surface area contributed by atoms with Gasteiger partial charge < -0.3 is 95.1 Å². The Labute approximate surface area is 398 Å². The molecule has 0 unspecified atom stereocenters. The normalized spacial score (nSPS) is 11.4. The number of aliphatic carboxylic acids is 1. The third-order valence-corrected chi connectivity index (χ3v) is 8.05. The lowest BCUT2D eigenvalue weighted by molar-refractivity contribution is -0.192. The number of carboxylic acid groups (broad SMARTS) is 1. The largest absolute Gasteiger partial charge is 0.490 e. The number of nitrogens with zero attached hydrogens (tertiary/aromatic N) is 1. The van der Waals surface area contributed by atoms with Gasteiger partial charge in [-0.05, 0) is 0 Å². The Hall–Kier alpha value is -2.97. The van der Waals surface area contributed by atoms with E-state index in [1.165, 1.54) is 0 Å². The fourth-order valence-electron chi connectivity index (χ4n) is 4.69. The molecule has 404 valence electrons. The van der Waals surface area contributed by atoms with Crippen LogP contribution in [-0.2, 0) is 76.0 Å². The maximum atomic E-state index is 12.4. The van der Waals surface area contributed by atoms with Crippen LogP contribution in [0.25, 0.3) is 0 Å². The van der Waals surface area contributed by atoms with Gasteiger partial charge in [-0.25, -0.2) is 4.79 Å². The van der Waals surface area contributed by atoms with E-state index in [4.69, 9.17) is 83.9 Å². The zero-order valence-electron chi connectivity index (χ0n) is 39.7. The topological polar surface area (TPSA) is 317 Å². The second-order valence-corrected chi connectivity index (χ2v) is 13.7. The molecule has 0 saturated carbocycles. The van der Waals surface area contributed by atoms with Gasteiger partial charge in [-0.3, -0.25) is 19.3 Å². The van der Waals surface area contributed by atoms with Crippen molar-refractivity contribution in [1.29, 1.82) is 0 Å². The van der Waals surface area contributed by atoms with Gasteiger partial charge in [-0.15, -0.1) is 0 Å². The molecular formula is C41H82F3N7O17. The first-order valence-corrected chi connectivity index (χ1v) is 22.8. The quantitative estimate of drug-likeness (QED) is 0.0310. The number of carboxylic acids is 1. The molecule has 24 nitrogen and oxygen atoms in total. The minimum Gasteiger partial charge on any atom is -0.475 e. The summed E-state index contributed by atoms with van der Waals surface area (Å²) in [5, 5.41) is 15.8. The standard InChI is InChI=1S/C39H81N7O15.C2HF3O2/c40-4-16-53-22-28-59-34-31-56-25-19-50-13-1-37(47)43-7-10-46(11-8-44-38(48)2-14-51-20-26-57-32-35-60-29-23-54-17-5-41)12-9-45-39(49)3-15-52-21-27-58-33-36-61-30-24-55-18-6-42;3-2(4,5)1(6)7/h1-36,40-42H2,(H,43,47)(H,44,48)(H,45,49);(H,6,7). The van der Waals surface area contributed by atoms with Gasteiger partial charge in [-0.1, -0.05) is 0 Å². The van der Waals surface area contributed by atoms with Gasteiger partial charge in [0.05, 0.1) is 159 Å². The number of halogens is 3. The number of amides is 3. The maximum absolute atomic E-state index is 12.4. The first-order chi connectivity index (χ1) is 33.0. The Kier molecular flexibility index (Phi) is 52.7. The zero-order valence-corrected chi connectivity index (χ0v) is 39.7. The van der Waals surface area contributed by atoms with Crippen molar-refractivity contribution >= 4 is 23.7 Å². The Morgan fingerprint density at radius 2 is 0.544 bits per heavy atom. The molecule has 0 aromatic carbocycles. The Morgan fingerprint density at radius 3 is 0.721 bits per heavy atom. The number of hydrogen-bond acceptors (Lipinski definition) is 20. The van der Waals surface area contributed by atoms with Crippen molar-refractivity contribution in [3.63, 3.8) is 0 Å². The van der Waals surface area contributed by atoms with Crippen LogP contribution in [-0.4, -0.2) is 257 Å². The van der Waals surface area contributed by atoms with Gasteiger partial charge >= 0.3 is 12.1 Å². The predicted molar refractivity (Wildman–Crippen MR) is 240 cm³/mol. The summed E-state index contributed by atoms with van der Waals surface area (Å²) in [5.74, 6) is -3.18. The second kappa shape index (κ2) is 53.4. The molecular weight excluding hydrogens is 919 g/mol. The Bertz CT molecular complexity index is 1030. The number of hydrogen-bond donors (Lipinski definition) is 7. The third-order valence-electron chi connectivity index (χ3n) is 8.05. The van der Waals surface area contributed by atoms with Gasteiger partial charge in [0.25, 0.3) is 0 Å². The van der Waals surface area contributed by atoms with Gasteiger partial charge in [-0.2, -0.15) is 13.2 Å². The van der Waals surface area contributed by atoms with Gasteiger partial charge in [0.2, 0.25) is 17.7 Å². The fourth-order valence-corrected chi connectivity index (χ4v) is 4.69. The van der Waals surface area contributed by atoms with E-state index >= 15 is 0 Å². The average molecular weight is 1000 g/mol. The number of nitrogens with two attached hydrogens (primary N) is 3. The number of nitrogens with one attached hydrogen (secondary N) is 3. The van der Waals surface area contributed by atoms with Crippen molar-refractivity contribution in [2.75, 3.05) is 217 Å². The SMILES string of the molecule is NCCOCCOCCOCCOCCC(=O)NCCN(CCNC(=O)CCOCCOCCOCCOCCN)CCNC(=O)CCOCCOCCOCCOCCN.O=C(O)C(F)(F)F. The first kappa shape index (κ1) is 67.1. The molecule has 0 bridgehead atoms. The molecule has 0 saturated heterocycles. The van der Waals surface area contributed by atoms with Crippen LogP contribution in [0.3, 0.4) is 0 Å². The van der Waals surface area contributed by atoms with Gasteiger partial charge in [0, 0.05) is 78.2 Å². The molecule has 0 aliphatic carbocycles. The Morgan fingerprint density at radius 1 is 0.368 bits per heavy atom. The zero-order chi connectivity index (χ0) is 50.4. The summed E-state index contributed by atoms with van der Waals surface area (Å²) < 4.78 is 96.5. The molecule has 0 aliphatic heterocycles. The van der Waals surface area contributed by atoms with E-state index in [1.807, 2.05) is 0 Å². The van der Waals surface area contributed by atoms with Crippen molar-refractivity contribution in [2.24, 2.45) is 17.2 Å². The molecule has 0 heterocycles. The molecule has 0 fully saturated rings. The number of alkyl halides is 3. The molecule has 0 aromatic heterocycles. The van der Waals surface area contributed by atoms with E-state index in [9.17, 15) is 27.6 Å². The lowest BCUT2D eigenvalue weighted by Crippen LogP contribution is -2.43. The van der Waals surface area contributed by atoms with Crippen LogP contribution in [0.4, 0.5) is 13.2 Å². The highest BCUT2D eigenvalue weighted by Crippen LogP contribution is 2.13. The molecule has 0 radical (unpaired) electrons. The van der Waals surface area contributed by atoms with Gasteiger partial charge in [0.1, 0.15) is 0 Å². The van der Waals surface area contributed by atoms with Crippen molar-refractivity contribution in [1.82, 2.24) is 20.9 Å². The highest BCUT2D eigenvalue weighted by molar-refractivity contribution is 5.76. The molecule has 0 rings (SSSR count). The van der Waals surface area contributed by atoms with E-state index in [0.717, 1.165) is 0 Å². The Balaban J connectivity index is 0. The smallest absolute Gasteiger partial charge is 0.475 e. The van der Waals surface area contributed by atoms with Crippen LogP contribution in [0.1, 0.15) is 19.3 Å². The maximum Gasteiger partial charge on any atom is 0.490 e. The third kappa shape index (κ3) is 55.6. The van der Waals surface area contributed by atoms with E-state index in [-0.39, 0.29) is 56.8 Å². The minimum absolute atomic E-state index is 0.140. The van der Waals surface area contributed by atoms with Crippen LogP contribution in [0.2, 0.25) is 0 Å². The summed E-state index contributed by atoms with van der Waals surface area (Å²) in [5.41, 5.74) is 16.1. The summed E-state index contributed by atoms with van der Waals surface area (Å²) >= 11 is 0. The van der Waals surface area contributed by atoms with E-state index in [2.05, 4.69) is 20.9 Å². The average Bonchev–Trinajstić information content (AvgIpc) is 3.30. The summed E-state index contributed by atoms with van der Waals surface area (Å²) in [6.45, 7) is 14.4. The van der Waals surface area contributed by atoms with E-state index in [0.29, 0.717) is 198 Å². The van der Waals surface area contributed by atoms with Gasteiger partial charge in [0.15, 0.2) is 0 Å². The molecule has 0 aliphatic rings. The molecule has 27 heteroatoms.